The van der Waals surface area contributed by atoms with E-state index in [0.717, 1.165) is 11.3 Å². The number of nitrogen functional groups attached to an aromatic ring is 1. The number of rotatable bonds is 11. The van der Waals surface area contributed by atoms with Gasteiger partial charge in [-0.1, -0.05) is 5.16 Å². The van der Waals surface area contributed by atoms with Gasteiger partial charge in [0.2, 0.25) is 5.60 Å². The molecule has 1 fully saturated rings. The Hall–Kier alpha value is -3.67. The van der Waals surface area contributed by atoms with Crippen molar-refractivity contribution in [2.45, 2.75) is 44.6 Å². The van der Waals surface area contributed by atoms with E-state index >= 15 is 0 Å². The van der Waals surface area contributed by atoms with Crippen LogP contribution in [0.15, 0.2) is 34.8 Å². The normalized spacial score (nSPS) is 17.0. The molecule has 2 heterocycles. The molecule has 1 aromatic carbocycles. The van der Waals surface area contributed by atoms with Crippen molar-refractivity contribution in [3.05, 3.63) is 51.0 Å². The van der Waals surface area contributed by atoms with Crippen molar-refractivity contribution in [1.82, 2.24) is 14.6 Å². The van der Waals surface area contributed by atoms with Gasteiger partial charge in [-0.05, 0) is 31.5 Å². The summed E-state index contributed by atoms with van der Waals surface area (Å²) in [6.07, 6.45) is -0.571. The van der Waals surface area contributed by atoms with Crippen LogP contribution >= 0.6 is 11.3 Å². The number of amides is 2. The van der Waals surface area contributed by atoms with Gasteiger partial charge in [0.1, 0.15) is 18.3 Å². The van der Waals surface area contributed by atoms with Crippen molar-refractivity contribution in [2.24, 2.45) is 5.16 Å². The Morgan fingerprint density at radius 3 is 2.49 bits per heavy atom. The minimum atomic E-state index is -5.23. The first-order valence-corrected chi connectivity index (χ1v) is 13.2. The molecule has 17 nitrogen and oxygen atoms in total. The number of aromatic nitrogens is 1. The molecule has 0 spiro atoms. The van der Waals surface area contributed by atoms with E-state index in [-0.39, 0.29) is 57.0 Å². The molecule has 1 aliphatic heterocycles. The number of anilines is 1. The predicted octanol–water partition coefficient (Wildman–Crippen LogP) is -3.05. The number of nitrogens with one attached hydrogen (secondary N) is 1. The van der Waals surface area contributed by atoms with Gasteiger partial charge in [0.25, 0.3) is 17.5 Å². The number of nitriles is 1. The van der Waals surface area contributed by atoms with Crippen molar-refractivity contribution in [2.75, 3.05) is 5.73 Å². The summed E-state index contributed by atoms with van der Waals surface area (Å²) >= 11 is 0.928. The third-order valence-electron chi connectivity index (χ3n) is 5.35. The van der Waals surface area contributed by atoms with Crippen LogP contribution in [0, 0.1) is 21.4 Å². The molecule has 0 radical (unpaired) electrons. The van der Waals surface area contributed by atoms with Gasteiger partial charge in [0, 0.05) is 17.5 Å². The standard InChI is InChI=1S/C21H21N7O10S2.Na/c1-21(2,19(31)37-9-11-3-5-12(6-4-11)28(32)33)38-26-15(13-10-39-20(23)24-13)17(29)25-16-14(7-8-22)27(18(16)30)40(34,35)36;/h3-6,10,14,16H,7,9H2,1-2H3,(H2,23,24)(H,25,29)(H,34,35,36);/q;+1/p-1/b26-15-;/t14-,16+;/m0./s1. The summed E-state index contributed by atoms with van der Waals surface area (Å²) in [6, 6.07) is 3.91. The molecule has 20 heteroatoms. The van der Waals surface area contributed by atoms with Crippen molar-refractivity contribution >= 4 is 56.0 Å². The monoisotopic (exact) mass is 617 g/mol. The number of thiazole rings is 1. The first-order valence-electron chi connectivity index (χ1n) is 11.0. The molecule has 0 bridgehead atoms. The van der Waals surface area contributed by atoms with Crippen molar-refractivity contribution in [1.29, 1.82) is 5.26 Å². The van der Waals surface area contributed by atoms with E-state index in [2.05, 4.69) is 15.5 Å². The average molecular weight is 618 g/mol. The smallest absolute Gasteiger partial charge is 0.731 e. The SMILES string of the molecule is CC(C)(O/N=C(\C(=O)N[C@H]1C(=O)N(S(=O)(=O)[O-])[C@H]1CC#N)c1csc(N)n1)C(=O)OCc1ccc([N+](=O)[O-])cc1.[Na+]. The zero-order valence-electron chi connectivity index (χ0n) is 21.7. The van der Waals surface area contributed by atoms with Gasteiger partial charge in [-0.15, -0.1) is 11.3 Å². The molecule has 212 valence electrons. The van der Waals surface area contributed by atoms with Gasteiger partial charge in [-0.2, -0.15) is 5.26 Å². The number of hydrogen-bond donors (Lipinski definition) is 2. The molecule has 0 unspecified atom stereocenters. The molecule has 3 N–H and O–H groups in total. The van der Waals surface area contributed by atoms with Crippen LogP contribution in [-0.2, 0) is 40.9 Å². The minimum absolute atomic E-state index is 0. The molecule has 1 aromatic heterocycles. The summed E-state index contributed by atoms with van der Waals surface area (Å²) in [6.45, 7) is 2.29. The Morgan fingerprint density at radius 2 is 1.98 bits per heavy atom. The summed E-state index contributed by atoms with van der Waals surface area (Å²) in [4.78, 5) is 57.3. The number of oxime groups is 1. The number of non-ortho nitro benzene ring substituents is 1. The molecule has 3 rings (SSSR count). The number of nitro groups is 1. The van der Waals surface area contributed by atoms with E-state index in [1.165, 1.54) is 43.5 Å². The Labute approximate surface area is 258 Å². The fourth-order valence-electron chi connectivity index (χ4n) is 3.29. The zero-order chi connectivity index (χ0) is 29.8. The predicted molar refractivity (Wildman–Crippen MR) is 134 cm³/mol. The molecule has 0 saturated carbocycles. The summed E-state index contributed by atoms with van der Waals surface area (Å²) in [5, 5.41) is 27.0. The number of nitro benzene ring substituents is 1. The Kier molecular flexibility index (Phi) is 10.9. The van der Waals surface area contributed by atoms with Crippen LogP contribution in [0.1, 0.15) is 31.5 Å². The Morgan fingerprint density at radius 1 is 1.34 bits per heavy atom. The average Bonchev–Trinajstić information content (AvgIpc) is 3.30. The van der Waals surface area contributed by atoms with Gasteiger partial charge < -0.3 is 25.2 Å². The van der Waals surface area contributed by atoms with Crippen LogP contribution in [0.2, 0.25) is 0 Å². The van der Waals surface area contributed by atoms with E-state index in [4.69, 9.17) is 20.6 Å². The van der Waals surface area contributed by atoms with Gasteiger partial charge in [0.15, 0.2) is 21.1 Å². The van der Waals surface area contributed by atoms with Crippen LogP contribution in [0.3, 0.4) is 0 Å². The third-order valence-corrected chi connectivity index (χ3v) is 6.96. The van der Waals surface area contributed by atoms with Crippen molar-refractivity contribution in [3.8, 4) is 6.07 Å². The van der Waals surface area contributed by atoms with Crippen LogP contribution in [-0.4, -0.2) is 68.4 Å². The van der Waals surface area contributed by atoms with Crippen LogP contribution in [0.25, 0.3) is 0 Å². The van der Waals surface area contributed by atoms with Gasteiger partial charge in [-0.25, -0.2) is 22.5 Å². The van der Waals surface area contributed by atoms with Gasteiger partial charge in [-0.3, -0.25) is 19.7 Å². The Balaban J connectivity index is 0.00000588. The molecular weight excluding hydrogens is 597 g/mol. The summed E-state index contributed by atoms with van der Waals surface area (Å²) in [5.41, 5.74) is 3.47. The number of carbonyl (C=O) groups excluding carboxylic acids is 3. The first kappa shape index (κ1) is 33.5. The second-order valence-electron chi connectivity index (χ2n) is 8.58. The number of nitrogens with two attached hydrogens (primary N) is 1. The number of nitrogens with zero attached hydrogens (tertiary/aromatic N) is 5. The maximum atomic E-state index is 13.0. The fourth-order valence-corrected chi connectivity index (χ4v) is 4.70. The number of carbonyl (C=O) groups is 3. The molecule has 0 aliphatic carbocycles. The minimum Gasteiger partial charge on any atom is -0.731 e. The second-order valence-corrected chi connectivity index (χ2v) is 10.7. The number of benzene rings is 1. The molecule has 2 aromatic rings. The fraction of sp³-hybridized carbons (Fsp3) is 0.333. The Bertz CT molecular complexity index is 1520. The maximum Gasteiger partial charge on any atom is 1.00 e. The van der Waals surface area contributed by atoms with E-state index in [0.29, 0.717) is 5.56 Å². The van der Waals surface area contributed by atoms with Gasteiger partial charge >= 0.3 is 35.5 Å². The first-order chi connectivity index (χ1) is 18.7. The van der Waals surface area contributed by atoms with Crippen LogP contribution < -0.4 is 40.6 Å². The van der Waals surface area contributed by atoms with Crippen LogP contribution in [0.5, 0.6) is 0 Å². The molecule has 1 aliphatic rings. The molecule has 2 amide bonds. The molecule has 1 saturated heterocycles. The van der Waals surface area contributed by atoms with Crippen molar-refractivity contribution < 1.29 is 71.4 Å². The quantitative estimate of drug-likeness (QED) is 0.0483. The summed E-state index contributed by atoms with van der Waals surface area (Å²) in [5.74, 6) is -3.28. The largest absolute Gasteiger partial charge is 1.00 e. The molecular formula is C21H20N7NaO10S2. The zero-order valence-corrected chi connectivity index (χ0v) is 25.3. The van der Waals surface area contributed by atoms with E-state index < -0.39 is 62.8 Å². The van der Waals surface area contributed by atoms with Gasteiger partial charge in [0.05, 0.1) is 23.5 Å². The number of hydrogen-bond acceptors (Lipinski definition) is 15. The third kappa shape index (κ3) is 7.96. The number of β-lactam (4-membered cyclic amide) rings is 1. The van der Waals surface area contributed by atoms with E-state index in [1.807, 2.05) is 0 Å². The topological polar surface area (TPSA) is 260 Å². The molecule has 2 atom stereocenters. The maximum absolute atomic E-state index is 13.0. The second kappa shape index (κ2) is 13.3. The van der Waals surface area contributed by atoms with E-state index in [9.17, 15) is 37.5 Å². The van der Waals surface area contributed by atoms with E-state index in [1.54, 1.807) is 6.07 Å². The van der Waals surface area contributed by atoms with Crippen molar-refractivity contribution in [3.63, 3.8) is 0 Å². The number of esters is 1. The van der Waals surface area contributed by atoms with Crippen LogP contribution in [0.4, 0.5) is 10.8 Å². The summed E-state index contributed by atoms with van der Waals surface area (Å²) in [7, 11) is -5.23. The molecule has 41 heavy (non-hydrogen) atoms. The summed E-state index contributed by atoms with van der Waals surface area (Å²) < 4.78 is 39.2. The number of ether oxygens (including phenoxy) is 1.